The molecule has 0 unspecified atom stereocenters. The average Bonchev–Trinajstić information content (AvgIpc) is 2.13. The Balaban J connectivity index is 5.08. The zero-order valence-corrected chi connectivity index (χ0v) is 11.4. The zero-order valence-electron chi connectivity index (χ0n) is 8.15. The fraction of sp³-hybridized carbons (Fsp3) is 1.00. The molecule has 12 heteroatoms. The first kappa shape index (κ1) is 18.5. The van der Waals surface area contributed by atoms with Crippen molar-refractivity contribution in [3.8, 4) is 0 Å². The molecular weight excluding hydrogens is 358 g/mol. The van der Waals surface area contributed by atoms with Crippen molar-refractivity contribution in [2.24, 2.45) is 0 Å². The van der Waals surface area contributed by atoms with Crippen LogP contribution in [-0.4, -0.2) is 30.2 Å². The molecule has 0 aromatic carbocycles. The standard InChI is InChI=1S/C6H5Cl3F8Si/c7-18(8,9)2-1-4(12,13)6(16,17)5(14,15)3(10)11/h3H,1-2H2. The molecule has 0 rings (SSSR count). The van der Waals surface area contributed by atoms with E-state index < -0.39 is 42.7 Å². The van der Waals surface area contributed by atoms with Crippen molar-refractivity contribution in [1.82, 2.24) is 0 Å². The quantitative estimate of drug-likeness (QED) is 0.345. The van der Waals surface area contributed by atoms with Crippen LogP contribution < -0.4 is 0 Å². The number of hydrogen-bond acceptors (Lipinski definition) is 0. The topological polar surface area (TPSA) is 0 Å². The van der Waals surface area contributed by atoms with Gasteiger partial charge in [0, 0.05) is 6.42 Å². The third-order valence-electron chi connectivity index (χ3n) is 1.87. The van der Waals surface area contributed by atoms with Gasteiger partial charge in [0.1, 0.15) is 0 Å². The van der Waals surface area contributed by atoms with Gasteiger partial charge >= 0.3 is 30.2 Å². The third-order valence-corrected chi connectivity index (χ3v) is 4.39. The van der Waals surface area contributed by atoms with E-state index in [0.717, 1.165) is 0 Å². The minimum absolute atomic E-state index is 1.07. The van der Waals surface area contributed by atoms with Crippen molar-refractivity contribution in [3.63, 3.8) is 0 Å². The van der Waals surface area contributed by atoms with Crippen LogP contribution in [0.1, 0.15) is 6.42 Å². The van der Waals surface area contributed by atoms with E-state index in [1.54, 1.807) is 0 Å². The van der Waals surface area contributed by atoms with Crippen molar-refractivity contribution >= 4 is 39.2 Å². The number of rotatable bonds is 6. The van der Waals surface area contributed by atoms with Gasteiger partial charge in [0.2, 0.25) is 0 Å². The number of hydrogen-bond donors (Lipinski definition) is 0. The number of halogens is 11. The van der Waals surface area contributed by atoms with E-state index in [1.807, 2.05) is 0 Å². The van der Waals surface area contributed by atoms with Crippen LogP contribution in [0.2, 0.25) is 6.04 Å². The van der Waals surface area contributed by atoms with Gasteiger partial charge in [-0.15, -0.1) is 33.2 Å². The van der Waals surface area contributed by atoms with E-state index in [1.165, 1.54) is 0 Å². The summed E-state index contributed by atoms with van der Waals surface area (Å²) in [5.74, 6) is -17.8. The Morgan fingerprint density at radius 3 is 1.56 bits per heavy atom. The van der Waals surface area contributed by atoms with Gasteiger partial charge in [0.25, 0.3) is 0 Å². The van der Waals surface area contributed by atoms with E-state index in [-0.39, 0.29) is 0 Å². The Morgan fingerprint density at radius 1 is 0.889 bits per heavy atom. The Labute approximate surface area is 111 Å². The summed E-state index contributed by atoms with van der Waals surface area (Å²) < 4.78 is 99.3. The Kier molecular flexibility index (Phi) is 5.65. The largest absolute Gasteiger partial charge is 0.377 e. The molecule has 0 spiro atoms. The summed E-state index contributed by atoms with van der Waals surface area (Å²) >= 11 is 15.4. The van der Waals surface area contributed by atoms with Crippen LogP contribution in [-0.2, 0) is 0 Å². The predicted octanol–water partition coefficient (Wildman–Crippen LogP) is 5.20. The second-order valence-electron chi connectivity index (χ2n) is 3.32. The molecule has 0 N–H and O–H groups in total. The fourth-order valence-corrected chi connectivity index (χ4v) is 2.28. The maximum Gasteiger partial charge on any atom is 0.377 e. The first-order valence-corrected chi connectivity index (χ1v) is 9.38. The second kappa shape index (κ2) is 5.49. The third kappa shape index (κ3) is 4.01. The first-order valence-electron chi connectivity index (χ1n) is 4.13. The lowest BCUT2D eigenvalue weighted by atomic mass is 10.0. The van der Waals surface area contributed by atoms with Crippen molar-refractivity contribution < 1.29 is 35.1 Å². The summed E-state index contributed by atoms with van der Waals surface area (Å²) in [6.07, 6.45) is -6.87. The Hall–Kier alpha value is 0.527. The summed E-state index contributed by atoms with van der Waals surface area (Å²) in [6.45, 7) is 0. The minimum Gasteiger partial charge on any atom is -0.203 e. The predicted molar refractivity (Wildman–Crippen MR) is 53.6 cm³/mol. The smallest absolute Gasteiger partial charge is 0.203 e. The zero-order chi connectivity index (χ0) is 15.0. The average molecular weight is 364 g/mol. The summed E-state index contributed by atoms with van der Waals surface area (Å²) in [7, 11) is 0. The van der Waals surface area contributed by atoms with Crippen LogP contribution >= 0.6 is 33.2 Å². The molecule has 0 bridgehead atoms. The normalized spacial score (nSPS) is 15.3. The van der Waals surface area contributed by atoms with Gasteiger partial charge in [-0.25, -0.2) is 8.78 Å². The maximum atomic E-state index is 12.9. The lowest BCUT2D eigenvalue weighted by molar-refractivity contribution is -0.338. The lowest BCUT2D eigenvalue weighted by Crippen LogP contribution is -2.57. The molecule has 0 aliphatic heterocycles. The molecule has 0 fully saturated rings. The van der Waals surface area contributed by atoms with E-state index in [4.69, 9.17) is 33.2 Å². The van der Waals surface area contributed by atoms with Gasteiger partial charge in [-0.2, -0.15) is 26.3 Å². The monoisotopic (exact) mass is 362 g/mol. The SMILES string of the molecule is FC(F)C(F)(F)C(F)(F)C(F)(F)CC[Si](Cl)(Cl)Cl. The first-order chi connectivity index (χ1) is 7.65. The van der Waals surface area contributed by atoms with Crippen molar-refractivity contribution in [2.45, 2.75) is 36.7 Å². The molecule has 0 aromatic heterocycles. The summed E-state index contributed by atoms with van der Waals surface area (Å²) in [5, 5.41) is 0. The molecule has 18 heavy (non-hydrogen) atoms. The van der Waals surface area contributed by atoms with Gasteiger partial charge < -0.3 is 0 Å². The van der Waals surface area contributed by atoms with E-state index in [9.17, 15) is 35.1 Å². The second-order valence-corrected chi connectivity index (χ2v) is 12.6. The number of alkyl halides is 8. The molecule has 0 saturated heterocycles. The van der Waals surface area contributed by atoms with E-state index in [0.29, 0.717) is 0 Å². The molecule has 0 aromatic rings. The van der Waals surface area contributed by atoms with E-state index >= 15 is 0 Å². The highest BCUT2D eigenvalue weighted by Crippen LogP contribution is 2.51. The van der Waals surface area contributed by atoms with Crippen LogP contribution in [0.4, 0.5) is 35.1 Å². The molecule has 0 atom stereocenters. The lowest BCUT2D eigenvalue weighted by Gasteiger charge is -2.32. The van der Waals surface area contributed by atoms with Gasteiger partial charge in [-0.3, -0.25) is 0 Å². The molecular formula is C6H5Cl3F8Si. The summed E-state index contributed by atoms with van der Waals surface area (Å²) in [6, 6.07) is -4.83. The van der Waals surface area contributed by atoms with Crippen LogP contribution in [0.25, 0.3) is 0 Å². The molecule has 0 aliphatic rings. The van der Waals surface area contributed by atoms with E-state index in [2.05, 4.69) is 0 Å². The summed E-state index contributed by atoms with van der Waals surface area (Å²) in [4.78, 5) is 0. The minimum atomic E-state index is -6.24. The van der Waals surface area contributed by atoms with Gasteiger partial charge in [-0.1, -0.05) is 0 Å². The van der Waals surface area contributed by atoms with Gasteiger partial charge in [0.05, 0.1) is 0 Å². The highest BCUT2D eigenvalue weighted by molar-refractivity contribution is 7.64. The van der Waals surface area contributed by atoms with Crippen LogP contribution in [0.15, 0.2) is 0 Å². The molecule has 0 radical (unpaired) electrons. The molecule has 0 saturated carbocycles. The summed E-state index contributed by atoms with van der Waals surface area (Å²) in [5.41, 5.74) is 0. The Bertz CT molecular complexity index is 289. The molecule has 0 heterocycles. The highest BCUT2D eigenvalue weighted by atomic mass is 35.8. The van der Waals surface area contributed by atoms with Crippen LogP contribution in [0.5, 0.6) is 0 Å². The highest BCUT2D eigenvalue weighted by Gasteiger charge is 2.74. The van der Waals surface area contributed by atoms with Crippen molar-refractivity contribution in [2.75, 3.05) is 0 Å². The van der Waals surface area contributed by atoms with Crippen molar-refractivity contribution in [3.05, 3.63) is 0 Å². The Morgan fingerprint density at radius 2 is 1.28 bits per heavy atom. The maximum absolute atomic E-state index is 12.9. The molecule has 0 amide bonds. The molecule has 0 nitrogen and oxygen atoms in total. The van der Waals surface area contributed by atoms with Crippen molar-refractivity contribution in [1.29, 1.82) is 0 Å². The van der Waals surface area contributed by atoms with Crippen LogP contribution in [0.3, 0.4) is 0 Å². The van der Waals surface area contributed by atoms with Gasteiger partial charge in [0.15, 0.2) is 0 Å². The molecule has 110 valence electrons. The van der Waals surface area contributed by atoms with Gasteiger partial charge in [-0.05, 0) is 6.04 Å². The molecule has 0 aliphatic carbocycles. The van der Waals surface area contributed by atoms with Crippen LogP contribution in [0, 0.1) is 0 Å². The fourth-order valence-electron chi connectivity index (χ4n) is 0.837.